The van der Waals surface area contributed by atoms with E-state index < -0.39 is 41.4 Å². The van der Waals surface area contributed by atoms with Gasteiger partial charge in [-0.3, -0.25) is 19.1 Å². The Labute approximate surface area is 231 Å². The van der Waals surface area contributed by atoms with Crippen LogP contribution in [0.15, 0.2) is 60.7 Å². The van der Waals surface area contributed by atoms with Crippen LogP contribution in [-0.2, 0) is 9.59 Å². The minimum absolute atomic E-state index is 0.0596. The van der Waals surface area contributed by atoms with Gasteiger partial charge in [0, 0.05) is 5.69 Å². The molecule has 0 aliphatic rings. The summed E-state index contributed by atoms with van der Waals surface area (Å²) < 4.78 is 17.2. The van der Waals surface area contributed by atoms with E-state index >= 15 is 0 Å². The highest BCUT2D eigenvalue weighted by Crippen LogP contribution is 2.33. The summed E-state index contributed by atoms with van der Waals surface area (Å²) in [5.41, 5.74) is 14.5. The van der Waals surface area contributed by atoms with Crippen LogP contribution in [0.3, 0.4) is 0 Å². The lowest BCUT2D eigenvalue weighted by molar-refractivity contribution is -0.140. The third-order valence-electron chi connectivity index (χ3n) is 5.71. The van der Waals surface area contributed by atoms with Crippen LogP contribution in [0.4, 0.5) is 31.2 Å². The van der Waals surface area contributed by atoms with E-state index in [1.54, 1.807) is 55.5 Å². The van der Waals surface area contributed by atoms with Crippen molar-refractivity contribution in [2.45, 2.75) is 19.4 Å². The Morgan fingerprint density at radius 3 is 2.50 bits per heavy atom. The largest absolute Gasteiger partial charge is 0.480 e. The Morgan fingerprint density at radius 1 is 1.07 bits per heavy atom. The van der Waals surface area contributed by atoms with Crippen molar-refractivity contribution in [3.8, 4) is 11.1 Å². The van der Waals surface area contributed by atoms with Gasteiger partial charge in [-0.25, -0.2) is 9.18 Å². The van der Waals surface area contributed by atoms with Crippen molar-refractivity contribution in [2.75, 3.05) is 16.4 Å². The molecule has 0 fully saturated rings. The average Bonchev–Trinajstić information content (AvgIpc) is 3.26. The maximum atomic E-state index is 13.9. The summed E-state index contributed by atoms with van der Waals surface area (Å²) in [6.45, 7) is 1.78. The molecule has 1 heterocycles. The van der Waals surface area contributed by atoms with Crippen molar-refractivity contribution < 1.29 is 28.7 Å². The van der Waals surface area contributed by atoms with Crippen molar-refractivity contribution in [1.82, 2.24) is 14.5 Å². The summed E-state index contributed by atoms with van der Waals surface area (Å²) >= 11 is 0.419. The summed E-state index contributed by atoms with van der Waals surface area (Å²) in [7, 11) is 0. The molecule has 0 unspecified atom stereocenters. The number of aliphatic carboxylic acids is 1. The molecular formula is C26H24FN7O5S. The van der Waals surface area contributed by atoms with Gasteiger partial charge in [0.15, 0.2) is 5.82 Å². The lowest BCUT2D eigenvalue weighted by atomic mass is 10.0. The Kier molecular flexibility index (Phi) is 8.31. The number of hydrogen-bond acceptors (Lipinski definition) is 8. The number of rotatable bonds is 6. The number of hydrogen-bond donors (Lipinski definition) is 6. The fraction of sp³-hybridized carbons (Fsp3) is 0.115. The number of aromatic nitrogens is 2. The van der Waals surface area contributed by atoms with Crippen LogP contribution < -0.4 is 26.8 Å². The molecule has 206 valence electrons. The van der Waals surface area contributed by atoms with Crippen LogP contribution in [0.1, 0.15) is 12.0 Å². The van der Waals surface area contributed by atoms with Crippen LogP contribution in [0.25, 0.3) is 22.0 Å². The van der Waals surface area contributed by atoms with E-state index in [4.69, 9.17) is 16.6 Å². The molecule has 1 aromatic heterocycles. The summed E-state index contributed by atoms with van der Waals surface area (Å²) in [6, 6.07) is 14.3. The zero-order chi connectivity index (χ0) is 29.0. The van der Waals surface area contributed by atoms with E-state index in [0.29, 0.717) is 39.7 Å². The van der Waals surface area contributed by atoms with Gasteiger partial charge in [0.1, 0.15) is 11.9 Å². The number of nitrogens with one attached hydrogen (secondary N) is 3. The SMILES string of the molecule is Cc1ccc(F)c(NC(=O)Nc2ccc(-c3cccc4c3c(N)nn4C(=O)SNC(=O)C[C@H](N)C(=O)O)cc2)c1. The normalized spacial score (nSPS) is 11.6. The predicted molar refractivity (Wildman–Crippen MR) is 150 cm³/mol. The maximum absolute atomic E-state index is 13.9. The monoisotopic (exact) mass is 565 g/mol. The molecule has 0 aliphatic carbocycles. The summed E-state index contributed by atoms with van der Waals surface area (Å²) in [6.07, 6.45) is -0.503. The highest BCUT2D eigenvalue weighted by atomic mass is 32.2. The second kappa shape index (κ2) is 11.8. The molecular weight excluding hydrogens is 541 g/mol. The number of fused-ring (bicyclic) bond motifs is 1. The first kappa shape index (κ1) is 28.1. The first-order valence-electron chi connectivity index (χ1n) is 11.7. The van der Waals surface area contributed by atoms with Crippen molar-refractivity contribution in [1.29, 1.82) is 0 Å². The number of aryl methyl sites for hydroxylation is 1. The minimum atomic E-state index is -1.40. The molecule has 0 saturated heterocycles. The number of carbonyl (C=O) groups excluding carboxylic acids is 3. The van der Waals surface area contributed by atoms with Crippen LogP contribution in [-0.4, -0.2) is 44.1 Å². The summed E-state index contributed by atoms with van der Waals surface area (Å²) in [5.74, 6) is -2.55. The second-order valence-electron chi connectivity index (χ2n) is 8.68. The van der Waals surface area contributed by atoms with Crippen LogP contribution in [0, 0.1) is 12.7 Å². The number of anilines is 3. The Morgan fingerprint density at radius 2 is 1.80 bits per heavy atom. The Balaban J connectivity index is 1.48. The molecule has 3 aromatic carbocycles. The molecule has 0 radical (unpaired) electrons. The number of benzene rings is 3. The molecule has 3 amide bonds. The third kappa shape index (κ3) is 6.36. The fourth-order valence-electron chi connectivity index (χ4n) is 3.80. The standard InChI is InChI=1S/C26H24FN7O5S/c1-13-5-10-17(27)19(11-13)31-25(38)30-15-8-6-14(7-9-15)16-3-2-4-20-22(16)23(29)32-34(20)26(39)40-33-21(35)12-18(28)24(36)37/h2-11,18H,12,28H2,1H3,(H2,29,32)(H,33,35)(H,36,37)(H2,30,31,38)/t18-/m0/s1. The van der Waals surface area contributed by atoms with Gasteiger partial charge in [0.25, 0.3) is 0 Å². The van der Waals surface area contributed by atoms with Crippen molar-refractivity contribution >= 4 is 63.2 Å². The molecule has 14 heteroatoms. The third-order valence-corrected chi connectivity index (χ3v) is 6.38. The first-order chi connectivity index (χ1) is 19.0. The van der Waals surface area contributed by atoms with E-state index in [-0.39, 0.29) is 11.5 Å². The van der Waals surface area contributed by atoms with Crippen molar-refractivity contribution in [2.24, 2.45) is 5.73 Å². The van der Waals surface area contributed by atoms with Crippen molar-refractivity contribution in [3.63, 3.8) is 0 Å². The lowest BCUT2D eigenvalue weighted by Gasteiger charge is -2.10. The molecule has 4 rings (SSSR count). The Bertz CT molecular complexity index is 1620. The topological polar surface area (TPSA) is 194 Å². The molecule has 12 nitrogen and oxygen atoms in total. The molecule has 0 saturated carbocycles. The van der Waals surface area contributed by atoms with Gasteiger partial charge in [0.05, 0.1) is 35.0 Å². The highest BCUT2D eigenvalue weighted by Gasteiger charge is 2.21. The number of amides is 3. The molecule has 40 heavy (non-hydrogen) atoms. The molecule has 4 aromatic rings. The van der Waals surface area contributed by atoms with Crippen LogP contribution in [0.5, 0.6) is 0 Å². The summed E-state index contributed by atoms with van der Waals surface area (Å²) in [4.78, 5) is 47.8. The van der Waals surface area contributed by atoms with Gasteiger partial charge in [-0.05, 0) is 53.9 Å². The zero-order valence-electron chi connectivity index (χ0n) is 21.0. The maximum Gasteiger partial charge on any atom is 0.327 e. The Hall–Kier alpha value is -4.95. The van der Waals surface area contributed by atoms with Crippen molar-refractivity contribution in [3.05, 3.63) is 72.0 Å². The first-order valence-corrected chi connectivity index (χ1v) is 12.6. The number of urea groups is 1. The molecule has 8 N–H and O–H groups in total. The molecule has 1 atom stereocenters. The van der Waals surface area contributed by atoms with E-state index in [9.17, 15) is 23.6 Å². The number of carboxylic acids is 1. The van der Waals surface area contributed by atoms with Gasteiger partial charge >= 0.3 is 17.2 Å². The lowest BCUT2D eigenvalue weighted by Crippen LogP contribution is -2.35. The molecule has 0 aliphatic heterocycles. The van der Waals surface area contributed by atoms with Gasteiger partial charge in [0.2, 0.25) is 5.91 Å². The van der Waals surface area contributed by atoms with Gasteiger partial charge in [-0.1, -0.05) is 30.3 Å². The van der Waals surface area contributed by atoms with E-state index in [1.807, 2.05) is 0 Å². The number of carbonyl (C=O) groups is 4. The van der Waals surface area contributed by atoms with E-state index in [0.717, 1.165) is 10.2 Å². The number of nitrogen functional groups attached to an aromatic ring is 1. The van der Waals surface area contributed by atoms with Crippen LogP contribution in [0.2, 0.25) is 0 Å². The molecule has 0 spiro atoms. The average molecular weight is 566 g/mol. The van der Waals surface area contributed by atoms with Gasteiger partial charge in [-0.2, -0.15) is 4.68 Å². The predicted octanol–water partition coefficient (Wildman–Crippen LogP) is 3.91. The summed E-state index contributed by atoms with van der Waals surface area (Å²) in [5, 5.41) is 17.9. The minimum Gasteiger partial charge on any atom is -0.480 e. The molecule has 0 bridgehead atoms. The smallest absolute Gasteiger partial charge is 0.327 e. The van der Waals surface area contributed by atoms with Gasteiger partial charge < -0.3 is 27.2 Å². The van der Waals surface area contributed by atoms with E-state index in [2.05, 4.69) is 20.5 Å². The second-order valence-corrected chi connectivity index (χ2v) is 9.44. The number of nitrogens with two attached hydrogens (primary N) is 2. The highest BCUT2D eigenvalue weighted by molar-refractivity contribution is 8.12. The number of halogens is 1. The zero-order valence-corrected chi connectivity index (χ0v) is 21.8. The van der Waals surface area contributed by atoms with Crippen LogP contribution >= 0.6 is 11.9 Å². The van der Waals surface area contributed by atoms with Gasteiger partial charge in [-0.15, -0.1) is 5.10 Å². The van der Waals surface area contributed by atoms with E-state index in [1.165, 1.54) is 12.1 Å². The fourth-order valence-corrected chi connectivity index (χ4v) is 4.31. The quantitative estimate of drug-likeness (QED) is 0.188. The number of carboxylic acid groups (broad SMARTS) is 1. The number of nitrogens with zero attached hydrogens (tertiary/aromatic N) is 2.